The van der Waals surface area contributed by atoms with E-state index in [1.807, 2.05) is 55.5 Å². The number of amides is 7. The molecule has 3 aliphatic heterocycles. The zero-order valence-corrected chi connectivity index (χ0v) is 45.9. The molecule has 24 nitrogen and oxygen atoms in total. The van der Waals surface area contributed by atoms with Gasteiger partial charge < -0.3 is 87.1 Å². The van der Waals surface area contributed by atoms with Gasteiger partial charge in [0.1, 0.15) is 66.1 Å². The van der Waals surface area contributed by atoms with E-state index in [0.29, 0.717) is 5.56 Å². The van der Waals surface area contributed by atoms with Crippen molar-refractivity contribution < 1.29 is 84.3 Å². The van der Waals surface area contributed by atoms with E-state index in [9.17, 15) is 79.5 Å². The Bertz CT molecular complexity index is 2890. The molecule has 0 saturated carbocycles. The van der Waals surface area contributed by atoms with Crippen LogP contribution in [-0.2, 0) is 28.8 Å². The second-order valence-corrected chi connectivity index (χ2v) is 21.4. The highest BCUT2D eigenvalue weighted by Crippen LogP contribution is 2.30. The van der Waals surface area contributed by atoms with Crippen LogP contribution in [0.2, 0.25) is 0 Å². The lowest BCUT2D eigenvalue weighted by atomic mass is 9.96. The predicted molar refractivity (Wildman–Crippen MR) is 293 cm³/mol. The van der Waals surface area contributed by atoms with Crippen molar-refractivity contribution >= 4 is 41.4 Å². The molecule has 1 unspecified atom stereocenters. The number of carbonyl (C=O) groups excluding carboxylic acids is 7. The van der Waals surface area contributed by atoms with Crippen molar-refractivity contribution in [3.8, 4) is 33.8 Å². The number of carbonyl (C=O) groups is 7. The molecular weight excluding hydrogens is 1070 g/mol. The molecule has 3 fully saturated rings. The Morgan fingerprint density at radius 3 is 1.70 bits per heavy atom. The van der Waals surface area contributed by atoms with Gasteiger partial charge in [-0.15, -0.1) is 0 Å². The molecule has 3 aliphatic rings. The van der Waals surface area contributed by atoms with Crippen LogP contribution in [-0.4, -0.2) is 195 Å². The SMILES string of the molecule is CCCC(C)Oc1ccc(-c2ccc(-c3ccc(C(=O)N[C@H]4C[C@@H](O)[C@@H](O)NC(=O)[C@@H]5[C@@H](O)[C@@H](C)CN5C(=O)[C@H]([C@@H](C)O)NC(=O)[C@H]([C@H](O)[C@@H](O)c5ccc(O)cc5)NC(=O)[C@@H]5C[C@@H](O)CN5C(=O)[C@H]([C@@H](C)O)NC4=O)cc3)cc2)cc1. The molecule has 4 aromatic carbocycles. The van der Waals surface area contributed by atoms with Crippen LogP contribution >= 0.6 is 0 Å². The van der Waals surface area contributed by atoms with Crippen LogP contribution in [0.5, 0.6) is 11.5 Å². The van der Waals surface area contributed by atoms with Gasteiger partial charge in [-0.2, -0.15) is 0 Å². The fourth-order valence-electron chi connectivity index (χ4n) is 10.4. The van der Waals surface area contributed by atoms with Gasteiger partial charge >= 0.3 is 0 Å². The van der Waals surface area contributed by atoms with Gasteiger partial charge in [-0.05, 0) is 91.4 Å². The number of phenolic OH excluding ortho intramolecular Hbond substituents is 1. The number of phenols is 1. The molecule has 3 heterocycles. The molecular formula is C58H73N7O17. The zero-order chi connectivity index (χ0) is 59.9. The van der Waals surface area contributed by atoms with Gasteiger partial charge in [-0.1, -0.05) is 80.9 Å². The standard InChI is InChI=1S/C58H73N7O17/c1-6-7-29(3)82-40-22-18-35(19-23-40)33-10-8-32(9-11-33)34-12-14-37(15-13-34)51(74)59-41-25-43(70)54(77)63-56(79)47-48(71)28(2)26-65(47)58(81)45(31(5)67)61-55(78)46(50(73)49(72)36-16-20-38(68)21-17-36)62-53(76)42-24-39(69)27-64(42)57(80)44(30(4)66)60-52(41)75/h8-23,28-31,39,41-50,54,66-73,77H,6-7,24-27H2,1-5H3,(H,59,74)(H,60,75)(H,61,78)(H,62,76)(H,63,79)/t28-,29?,30+,31+,39+,41-,42-,43+,44-,45-,46-,47-,48-,49-,50-,54+/m0/s1. The average molecular weight is 1140 g/mol. The van der Waals surface area contributed by atoms with Gasteiger partial charge in [0.15, 0.2) is 6.23 Å². The third kappa shape index (κ3) is 14.5. The van der Waals surface area contributed by atoms with Crippen LogP contribution < -0.4 is 31.3 Å². The molecule has 0 radical (unpaired) electrons. The average Bonchev–Trinajstić information content (AvgIpc) is 4.10. The lowest BCUT2D eigenvalue weighted by Crippen LogP contribution is -2.64. The number of benzene rings is 4. The molecule has 442 valence electrons. The van der Waals surface area contributed by atoms with E-state index in [4.69, 9.17) is 4.74 Å². The van der Waals surface area contributed by atoms with Gasteiger partial charge in [-0.25, -0.2) is 0 Å². The van der Waals surface area contributed by atoms with Gasteiger partial charge in [-0.3, -0.25) is 33.6 Å². The van der Waals surface area contributed by atoms with Crippen LogP contribution in [0.15, 0.2) is 97.1 Å². The van der Waals surface area contributed by atoms with E-state index >= 15 is 0 Å². The molecule has 82 heavy (non-hydrogen) atoms. The van der Waals surface area contributed by atoms with E-state index in [1.54, 1.807) is 12.1 Å². The number of aliphatic hydroxyl groups excluding tert-OH is 8. The number of ether oxygens (including phenoxy) is 1. The largest absolute Gasteiger partial charge is 0.508 e. The van der Waals surface area contributed by atoms with E-state index in [-0.39, 0.29) is 29.5 Å². The summed E-state index contributed by atoms with van der Waals surface area (Å²) in [6.07, 6.45) is -14.7. The number of fused-ring (bicyclic) bond motifs is 2. The second-order valence-electron chi connectivity index (χ2n) is 21.4. The Kier molecular flexibility index (Phi) is 20.4. The highest BCUT2D eigenvalue weighted by molar-refractivity contribution is 6.00. The lowest BCUT2D eigenvalue weighted by molar-refractivity contribution is -0.148. The number of nitrogens with one attached hydrogen (secondary N) is 5. The topological polar surface area (TPSA) is 377 Å². The van der Waals surface area contributed by atoms with Crippen molar-refractivity contribution in [3.63, 3.8) is 0 Å². The first-order valence-electron chi connectivity index (χ1n) is 27.2. The summed E-state index contributed by atoms with van der Waals surface area (Å²) in [5.74, 6) is -8.69. The Morgan fingerprint density at radius 1 is 0.634 bits per heavy atom. The highest BCUT2D eigenvalue weighted by Gasteiger charge is 2.50. The minimum absolute atomic E-state index is 0.00840. The molecule has 14 N–H and O–H groups in total. The number of hydrogen-bond acceptors (Lipinski definition) is 17. The monoisotopic (exact) mass is 1140 g/mol. The van der Waals surface area contributed by atoms with Crippen LogP contribution in [0.25, 0.3) is 22.3 Å². The van der Waals surface area contributed by atoms with E-state index in [1.165, 1.54) is 31.2 Å². The van der Waals surface area contributed by atoms with E-state index < -0.39 is 152 Å². The predicted octanol–water partition coefficient (Wildman–Crippen LogP) is -0.929. The maximum absolute atomic E-state index is 14.5. The minimum Gasteiger partial charge on any atom is -0.508 e. The first-order chi connectivity index (χ1) is 38.9. The lowest BCUT2D eigenvalue weighted by Gasteiger charge is -2.34. The third-order valence-corrected chi connectivity index (χ3v) is 15.1. The summed E-state index contributed by atoms with van der Waals surface area (Å²) in [5, 5.41) is 111. The maximum atomic E-state index is 14.5. The first-order valence-corrected chi connectivity index (χ1v) is 27.2. The van der Waals surface area contributed by atoms with E-state index in [2.05, 4.69) is 33.5 Å². The molecule has 7 amide bonds. The van der Waals surface area contributed by atoms with Crippen LogP contribution in [0.4, 0.5) is 0 Å². The molecule has 0 bridgehead atoms. The Labute approximate surface area is 473 Å². The molecule has 24 heteroatoms. The van der Waals surface area contributed by atoms with Crippen molar-refractivity contribution in [1.29, 1.82) is 0 Å². The molecule has 3 saturated heterocycles. The number of aliphatic hydroxyl groups is 8. The van der Waals surface area contributed by atoms with Crippen molar-refractivity contribution in [1.82, 2.24) is 36.4 Å². The third-order valence-electron chi connectivity index (χ3n) is 15.1. The van der Waals surface area contributed by atoms with Crippen molar-refractivity contribution in [2.75, 3.05) is 13.1 Å². The first kappa shape index (κ1) is 62.1. The summed E-state index contributed by atoms with van der Waals surface area (Å²) in [7, 11) is 0. The molecule has 0 aromatic heterocycles. The summed E-state index contributed by atoms with van der Waals surface area (Å²) >= 11 is 0. The molecule has 7 rings (SSSR count). The zero-order valence-electron chi connectivity index (χ0n) is 45.9. The molecule has 0 spiro atoms. The van der Waals surface area contributed by atoms with E-state index in [0.717, 1.165) is 71.1 Å². The van der Waals surface area contributed by atoms with Gasteiger partial charge in [0.2, 0.25) is 35.4 Å². The van der Waals surface area contributed by atoms with Gasteiger partial charge in [0.05, 0.1) is 30.5 Å². The fourth-order valence-corrected chi connectivity index (χ4v) is 10.4. The summed E-state index contributed by atoms with van der Waals surface area (Å²) < 4.78 is 5.99. The van der Waals surface area contributed by atoms with Crippen molar-refractivity contribution in [3.05, 3.63) is 108 Å². The van der Waals surface area contributed by atoms with Gasteiger partial charge in [0, 0.05) is 37.4 Å². The Morgan fingerprint density at radius 2 is 1.15 bits per heavy atom. The van der Waals surface area contributed by atoms with Crippen LogP contribution in [0.1, 0.15) is 82.3 Å². The number of hydrogen-bond donors (Lipinski definition) is 14. The van der Waals surface area contributed by atoms with Crippen molar-refractivity contribution in [2.24, 2.45) is 5.92 Å². The number of aromatic hydroxyl groups is 1. The van der Waals surface area contributed by atoms with Gasteiger partial charge in [0.25, 0.3) is 5.91 Å². The van der Waals surface area contributed by atoms with Crippen LogP contribution in [0.3, 0.4) is 0 Å². The molecule has 0 aliphatic carbocycles. The quantitative estimate of drug-likeness (QED) is 0.0769. The number of rotatable bonds is 13. The Hall–Kier alpha value is -7.55. The highest BCUT2D eigenvalue weighted by atomic mass is 16.5. The smallest absolute Gasteiger partial charge is 0.251 e. The van der Waals surface area contributed by atoms with Crippen molar-refractivity contribution in [2.45, 2.75) is 152 Å². The molecule has 16 atom stereocenters. The summed E-state index contributed by atoms with van der Waals surface area (Å²) in [6, 6.07) is 14.7. The summed E-state index contributed by atoms with van der Waals surface area (Å²) in [6.45, 7) is 6.82. The maximum Gasteiger partial charge on any atom is 0.251 e. The Balaban J connectivity index is 1.18. The second kappa shape index (κ2) is 27.0. The fraction of sp³-hybridized carbons (Fsp3) is 0.466. The number of nitrogens with zero attached hydrogens (tertiary/aromatic N) is 2. The minimum atomic E-state index is -2.29. The normalized spacial score (nSPS) is 27.9. The molecule has 4 aromatic rings. The van der Waals surface area contributed by atoms with Crippen LogP contribution in [0, 0.1) is 5.92 Å². The summed E-state index contributed by atoms with van der Waals surface area (Å²) in [5.41, 5.74) is 3.36. The summed E-state index contributed by atoms with van der Waals surface area (Å²) in [4.78, 5) is 102.